The highest BCUT2D eigenvalue weighted by atomic mass is 32.1. The van der Waals surface area contributed by atoms with E-state index in [4.69, 9.17) is 14.2 Å². The molecule has 2 aromatic rings. The highest BCUT2D eigenvalue weighted by Crippen LogP contribution is 2.38. The van der Waals surface area contributed by atoms with Gasteiger partial charge in [-0.25, -0.2) is 10.2 Å². The number of ether oxygens (including phenoxy) is 3. The molecular weight excluding hydrogens is 434 g/mol. The number of nitrogens with zero attached hydrogens (tertiary/aromatic N) is 1. The van der Waals surface area contributed by atoms with Gasteiger partial charge in [-0.05, 0) is 61.9 Å². The lowest BCUT2D eigenvalue weighted by Crippen LogP contribution is -2.32. The number of aryl methyl sites for hydroxylation is 1. The minimum atomic E-state index is -0.944. The number of hydrazone groups is 1. The summed E-state index contributed by atoms with van der Waals surface area (Å²) in [5.41, 5.74) is 4.14. The molecular formula is C22H23N3O6S. The molecule has 1 aromatic carbocycles. The Morgan fingerprint density at radius 2 is 1.91 bits per heavy atom. The van der Waals surface area contributed by atoms with Crippen molar-refractivity contribution in [2.45, 2.75) is 32.6 Å². The molecule has 0 radical (unpaired) electrons. The molecule has 0 atom stereocenters. The van der Waals surface area contributed by atoms with Gasteiger partial charge in [0.1, 0.15) is 18.2 Å². The van der Waals surface area contributed by atoms with E-state index in [2.05, 4.69) is 15.8 Å². The lowest BCUT2D eigenvalue weighted by Gasteiger charge is -2.18. The number of esters is 1. The van der Waals surface area contributed by atoms with E-state index >= 15 is 0 Å². The zero-order valence-electron chi connectivity index (χ0n) is 17.6. The van der Waals surface area contributed by atoms with Crippen molar-refractivity contribution < 1.29 is 28.6 Å². The van der Waals surface area contributed by atoms with Gasteiger partial charge in [0.15, 0.2) is 11.5 Å². The normalized spacial score (nSPS) is 14.5. The van der Waals surface area contributed by atoms with Crippen molar-refractivity contribution in [2.75, 3.05) is 25.1 Å². The van der Waals surface area contributed by atoms with Crippen LogP contribution in [0.4, 0.5) is 5.00 Å². The Morgan fingerprint density at radius 3 is 2.72 bits per heavy atom. The first kappa shape index (κ1) is 21.8. The van der Waals surface area contributed by atoms with Crippen molar-refractivity contribution in [3.8, 4) is 11.5 Å². The summed E-state index contributed by atoms with van der Waals surface area (Å²) in [5, 5.41) is 6.73. The first-order valence-electron chi connectivity index (χ1n) is 10.4. The molecule has 9 nitrogen and oxygen atoms in total. The molecule has 0 saturated heterocycles. The molecule has 2 N–H and O–H groups in total. The van der Waals surface area contributed by atoms with Crippen molar-refractivity contribution in [3.63, 3.8) is 0 Å². The molecule has 2 amide bonds. The number of thiophene rings is 1. The molecule has 0 spiro atoms. The number of amides is 2. The van der Waals surface area contributed by atoms with Crippen LogP contribution in [-0.4, -0.2) is 43.8 Å². The van der Waals surface area contributed by atoms with Crippen LogP contribution in [0.3, 0.4) is 0 Å². The summed E-state index contributed by atoms with van der Waals surface area (Å²) in [6, 6.07) is 5.23. The van der Waals surface area contributed by atoms with Gasteiger partial charge in [-0.3, -0.25) is 9.59 Å². The van der Waals surface area contributed by atoms with Crippen LogP contribution in [0.2, 0.25) is 0 Å². The molecule has 0 fully saturated rings. The van der Waals surface area contributed by atoms with Crippen molar-refractivity contribution in [1.82, 2.24) is 5.43 Å². The fourth-order valence-electron chi connectivity index (χ4n) is 3.59. The van der Waals surface area contributed by atoms with Crippen molar-refractivity contribution in [3.05, 3.63) is 39.8 Å². The van der Waals surface area contributed by atoms with Crippen molar-refractivity contribution in [2.24, 2.45) is 5.10 Å². The largest absolute Gasteiger partial charge is 0.486 e. The Bertz CT molecular complexity index is 1080. The van der Waals surface area contributed by atoms with E-state index in [-0.39, 0.29) is 6.61 Å². The van der Waals surface area contributed by atoms with Crippen LogP contribution in [-0.2, 0) is 27.2 Å². The fourth-order valence-corrected chi connectivity index (χ4v) is 4.86. The maximum absolute atomic E-state index is 12.5. The number of anilines is 1. The van der Waals surface area contributed by atoms with Gasteiger partial charge >= 0.3 is 17.8 Å². The van der Waals surface area contributed by atoms with E-state index in [0.29, 0.717) is 40.8 Å². The van der Waals surface area contributed by atoms with E-state index in [1.807, 2.05) is 0 Å². The summed E-state index contributed by atoms with van der Waals surface area (Å²) in [7, 11) is 0. The number of nitrogens with one attached hydrogen (secondary N) is 2. The third-order valence-corrected chi connectivity index (χ3v) is 6.24. The average Bonchev–Trinajstić information content (AvgIpc) is 3.17. The summed E-state index contributed by atoms with van der Waals surface area (Å²) < 4.78 is 16.1. The van der Waals surface area contributed by atoms with Crippen LogP contribution in [0.1, 0.15) is 46.1 Å². The van der Waals surface area contributed by atoms with Crippen LogP contribution in [0.5, 0.6) is 11.5 Å². The van der Waals surface area contributed by atoms with Gasteiger partial charge in [0.05, 0.1) is 18.4 Å². The summed E-state index contributed by atoms with van der Waals surface area (Å²) in [6.45, 7) is 2.91. The van der Waals surface area contributed by atoms with Crippen LogP contribution < -0.4 is 20.2 Å². The Labute approximate surface area is 188 Å². The molecule has 10 heteroatoms. The molecule has 0 unspecified atom stereocenters. The standard InChI is InChI=1S/C22H23N3O6S/c1-2-29-22(28)18-14-5-3-4-6-17(14)32-21(18)24-19(26)20(27)25-23-12-13-7-8-15-16(11-13)31-10-9-30-15/h7-8,11-12H,2-6,9-10H2,1H3,(H,24,26)(H,25,27)/b23-12-. The summed E-state index contributed by atoms with van der Waals surface area (Å²) >= 11 is 1.32. The molecule has 0 saturated carbocycles. The number of hydrogen-bond acceptors (Lipinski definition) is 8. The third-order valence-electron chi connectivity index (χ3n) is 5.03. The summed E-state index contributed by atoms with van der Waals surface area (Å²) in [4.78, 5) is 38.2. The third kappa shape index (κ3) is 4.75. The number of rotatable bonds is 5. The Kier molecular flexibility index (Phi) is 6.69. The van der Waals surface area contributed by atoms with Crippen LogP contribution >= 0.6 is 11.3 Å². The topological polar surface area (TPSA) is 115 Å². The average molecular weight is 458 g/mol. The van der Waals surface area contributed by atoms with Gasteiger partial charge in [0, 0.05) is 4.88 Å². The molecule has 2 heterocycles. The fraction of sp³-hybridized carbons (Fsp3) is 0.364. The first-order valence-corrected chi connectivity index (χ1v) is 11.2. The maximum atomic E-state index is 12.5. The van der Waals surface area contributed by atoms with Gasteiger partial charge in [-0.15, -0.1) is 11.3 Å². The van der Waals surface area contributed by atoms with E-state index < -0.39 is 17.8 Å². The Balaban J connectivity index is 1.41. The van der Waals surface area contributed by atoms with Crippen LogP contribution in [0.25, 0.3) is 0 Å². The van der Waals surface area contributed by atoms with Crippen LogP contribution in [0.15, 0.2) is 23.3 Å². The summed E-state index contributed by atoms with van der Waals surface area (Å²) in [6.07, 6.45) is 4.99. The van der Waals surface area contributed by atoms with Gasteiger partial charge in [-0.2, -0.15) is 5.10 Å². The highest BCUT2D eigenvalue weighted by molar-refractivity contribution is 7.17. The zero-order chi connectivity index (χ0) is 22.5. The van der Waals surface area contributed by atoms with E-state index in [9.17, 15) is 14.4 Å². The van der Waals surface area contributed by atoms with Crippen molar-refractivity contribution in [1.29, 1.82) is 0 Å². The second-order valence-electron chi connectivity index (χ2n) is 7.19. The molecule has 32 heavy (non-hydrogen) atoms. The SMILES string of the molecule is CCOC(=O)c1c(NC(=O)C(=O)N/N=C\c2ccc3c(c2)OCCO3)sc2c1CCCC2. The number of fused-ring (bicyclic) bond motifs is 2. The number of benzene rings is 1. The number of carbonyl (C=O) groups excluding carboxylic acids is 3. The molecule has 2 aliphatic rings. The smallest absolute Gasteiger partial charge is 0.341 e. The number of hydrogen-bond donors (Lipinski definition) is 2. The molecule has 1 aromatic heterocycles. The quantitative estimate of drug-likeness (QED) is 0.309. The second-order valence-corrected chi connectivity index (χ2v) is 8.30. The Hall–Kier alpha value is -3.40. The minimum absolute atomic E-state index is 0.228. The molecule has 4 rings (SSSR count). The van der Waals surface area contributed by atoms with Crippen LogP contribution in [0, 0.1) is 0 Å². The van der Waals surface area contributed by atoms with Gasteiger partial charge < -0.3 is 19.5 Å². The maximum Gasteiger partial charge on any atom is 0.341 e. The predicted molar refractivity (Wildman–Crippen MR) is 119 cm³/mol. The molecule has 168 valence electrons. The van der Waals surface area contributed by atoms with Gasteiger partial charge in [0.2, 0.25) is 0 Å². The molecule has 1 aliphatic carbocycles. The molecule has 1 aliphatic heterocycles. The van der Waals surface area contributed by atoms with E-state index in [1.54, 1.807) is 25.1 Å². The van der Waals surface area contributed by atoms with E-state index in [1.165, 1.54) is 17.6 Å². The minimum Gasteiger partial charge on any atom is -0.486 e. The molecule has 0 bridgehead atoms. The second kappa shape index (κ2) is 9.82. The van der Waals surface area contributed by atoms with Crippen molar-refractivity contribution >= 4 is 40.3 Å². The Morgan fingerprint density at radius 1 is 1.12 bits per heavy atom. The van der Waals surface area contributed by atoms with E-state index in [0.717, 1.165) is 36.1 Å². The van der Waals surface area contributed by atoms with Gasteiger partial charge in [-0.1, -0.05) is 0 Å². The first-order chi connectivity index (χ1) is 15.6. The summed E-state index contributed by atoms with van der Waals surface area (Å²) in [5.74, 6) is -1.10. The zero-order valence-corrected chi connectivity index (χ0v) is 18.4. The monoisotopic (exact) mass is 457 g/mol. The highest BCUT2D eigenvalue weighted by Gasteiger charge is 2.28. The number of carbonyl (C=O) groups is 3. The van der Waals surface area contributed by atoms with Gasteiger partial charge in [0.25, 0.3) is 0 Å². The lowest BCUT2D eigenvalue weighted by molar-refractivity contribution is -0.136. The lowest BCUT2D eigenvalue weighted by atomic mass is 9.95. The predicted octanol–water partition coefficient (Wildman–Crippen LogP) is 2.66.